The van der Waals surface area contributed by atoms with Crippen LogP contribution in [-0.2, 0) is 0 Å². The molecular formula is C11H13NO2S2. The van der Waals surface area contributed by atoms with Crippen molar-refractivity contribution in [2.75, 3.05) is 26.2 Å². The van der Waals surface area contributed by atoms with Crippen molar-refractivity contribution in [2.45, 2.75) is 4.90 Å². The first-order chi connectivity index (χ1) is 7.78. The highest BCUT2D eigenvalue weighted by Gasteiger charge is 2.16. The van der Waals surface area contributed by atoms with Crippen LogP contribution in [0.15, 0.2) is 22.0 Å². The van der Waals surface area contributed by atoms with Crippen molar-refractivity contribution >= 4 is 34.3 Å². The van der Waals surface area contributed by atoms with Crippen molar-refractivity contribution in [3.8, 4) is 11.5 Å². The van der Waals surface area contributed by atoms with Crippen molar-refractivity contribution in [1.82, 2.24) is 0 Å². The van der Waals surface area contributed by atoms with Gasteiger partial charge in [-0.3, -0.25) is 0 Å². The normalized spacial score (nSPS) is 14.1. The van der Waals surface area contributed by atoms with E-state index in [0.29, 0.717) is 0 Å². The fourth-order valence-electron chi connectivity index (χ4n) is 1.46. The summed E-state index contributed by atoms with van der Waals surface area (Å²) in [5, 5.41) is 1.14. The van der Waals surface area contributed by atoms with E-state index in [0.717, 1.165) is 32.9 Å². The summed E-state index contributed by atoms with van der Waals surface area (Å²) >= 11 is 3.47. The highest BCUT2D eigenvalue weighted by atomic mass is 32.2. The summed E-state index contributed by atoms with van der Waals surface area (Å²) in [7, 11) is 3.29. The number of methoxy groups -OCH3 is 2. The van der Waals surface area contributed by atoms with E-state index in [-0.39, 0.29) is 0 Å². The second-order valence-corrected chi connectivity index (χ2v) is 5.07. The zero-order valence-electron chi connectivity index (χ0n) is 9.44. The molecule has 86 valence electrons. The second kappa shape index (κ2) is 5.01. The van der Waals surface area contributed by atoms with E-state index in [1.54, 1.807) is 37.7 Å². The molecule has 1 aliphatic rings. The molecule has 0 aromatic heterocycles. The molecule has 0 saturated carbocycles. The van der Waals surface area contributed by atoms with Crippen molar-refractivity contribution in [3.63, 3.8) is 0 Å². The number of hydrogen-bond donors (Lipinski definition) is 0. The maximum absolute atomic E-state index is 5.26. The van der Waals surface area contributed by atoms with Crippen LogP contribution in [0.2, 0.25) is 0 Å². The standard InChI is InChI=1S/C11H13NO2S2/c1-13-8-4-7-10(5-9(8)14-2)16-6-11(12-7)15-3/h4-5H,6H2,1-3H3. The summed E-state index contributed by atoms with van der Waals surface area (Å²) < 4.78 is 10.5. The third-order valence-corrected chi connectivity index (χ3v) is 4.24. The minimum absolute atomic E-state index is 0.730. The molecule has 3 nitrogen and oxygen atoms in total. The van der Waals surface area contributed by atoms with Crippen LogP contribution in [0.5, 0.6) is 11.5 Å². The van der Waals surface area contributed by atoms with Crippen LogP contribution < -0.4 is 9.47 Å². The molecule has 0 unspecified atom stereocenters. The Morgan fingerprint density at radius 2 is 1.94 bits per heavy atom. The van der Waals surface area contributed by atoms with Crippen LogP contribution in [-0.4, -0.2) is 31.3 Å². The van der Waals surface area contributed by atoms with Crippen molar-refractivity contribution in [3.05, 3.63) is 12.1 Å². The average Bonchev–Trinajstić information content (AvgIpc) is 2.36. The maximum Gasteiger partial charge on any atom is 0.162 e. The molecule has 0 saturated heterocycles. The number of thioether (sulfide) groups is 2. The molecule has 0 radical (unpaired) electrons. The quantitative estimate of drug-likeness (QED) is 0.812. The van der Waals surface area contributed by atoms with Gasteiger partial charge in [0.05, 0.1) is 25.0 Å². The predicted molar refractivity (Wildman–Crippen MR) is 70.9 cm³/mol. The molecule has 0 fully saturated rings. The first kappa shape index (κ1) is 11.7. The maximum atomic E-state index is 5.26. The zero-order chi connectivity index (χ0) is 11.5. The summed E-state index contributed by atoms with van der Waals surface area (Å²) in [6.07, 6.45) is 2.05. The Morgan fingerprint density at radius 3 is 2.56 bits per heavy atom. The molecule has 2 rings (SSSR count). The Balaban J connectivity index is 2.46. The number of fused-ring (bicyclic) bond motifs is 1. The van der Waals surface area contributed by atoms with Gasteiger partial charge in [0.15, 0.2) is 11.5 Å². The van der Waals surface area contributed by atoms with Gasteiger partial charge in [-0.15, -0.1) is 23.5 Å². The van der Waals surface area contributed by atoms with Gasteiger partial charge in [0.2, 0.25) is 0 Å². The molecule has 16 heavy (non-hydrogen) atoms. The SMILES string of the molecule is COc1cc2c(cc1OC)SCC(SC)=N2. The minimum atomic E-state index is 0.730. The van der Waals surface area contributed by atoms with Crippen molar-refractivity contribution < 1.29 is 9.47 Å². The fourth-order valence-corrected chi connectivity index (χ4v) is 3.09. The Labute approximate surface area is 104 Å². The summed E-state index contributed by atoms with van der Waals surface area (Å²) in [5.74, 6) is 2.42. The Hall–Kier alpha value is -0.810. The van der Waals surface area contributed by atoms with Crippen LogP contribution in [0, 0.1) is 0 Å². The fraction of sp³-hybridized carbons (Fsp3) is 0.364. The number of rotatable bonds is 2. The number of ether oxygens (including phenoxy) is 2. The van der Waals surface area contributed by atoms with Gasteiger partial charge >= 0.3 is 0 Å². The van der Waals surface area contributed by atoms with E-state index in [9.17, 15) is 0 Å². The Kier molecular flexibility index (Phi) is 3.66. The van der Waals surface area contributed by atoms with Crippen LogP contribution in [0.3, 0.4) is 0 Å². The topological polar surface area (TPSA) is 30.8 Å². The van der Waals surface area contributed by atoms with E-state index in [1.807, 2.05) is 18.4 Å². The van der Waals surface area contributed by atoms with Crippen molar-refractivity contribution in [2.24, 2.45) is 4.99 Å². The molecule has 5 heteroatoms. The van der Waals surface area contributed by atoms with Crippen molar-refractivity contribution in [1.29, 1.82) is 0 Å². The van der Waals surface area contributed by atoms with E-state index < -0.39 is 0 Å². The molecule has 0 N–H and O–H groups in total. The van der Waals surface area contributed by atoms with E-state index in [2.05, 4.69) is 4.99 Å². The lowest BCUT2D eigenvalue weighted by Gasteiger charge is -2.16. The van der Waals surface area contributed by atoms with Gasteiger partial charge in [0.1, 0.15) is 0 Å². The zero-order valence-corrected chi connectivity index (χ0v) is 11.1. The average molecular weight is 255 g/mol. The molecule has 1 aromatic rings. The molecular weight excluding hydrogens is 242 g/mol. The Morgan fingerprint density at radius 1 is 1.25 bits per heavy atom. The lowest BCUT2D eigenvalue weighted by atomic mass is 10.2. The monoisotopic (exact) mass is 255 g/mol. The lowest BCUT2D eigenvalue weighted by molar-refractivity contribution is 0.354. The van der Waals surface area contributed by atoms with Gasteiger partial charge in [-0.05, 0) is 12.3 Å². The summed E-state index contributed by atoms with van der Waals surface area (Å²) in [6, 6.07) is 3.91. The van der Waals surface area contributed by atoms with Gasteiger partial charge in [0.25, 0.3) is 0 Å². The van der Waals surface area contributed by atoms with Crippen LogP contribution in [0.25, 0.3) is 0 Å². The van der Waals surface area contributed by atoms with E-state index >= 15 is 0 Å². The third-order valence-electron chi connectivity index (χ3n) is 2.30. The van der Waals surface area contributed by atoms with Gasteiger partial charge < -0.3 is 9.47 Å². The number of hydrogen-bond acceptors (Lipinski definition) is 5. The van der Waals surface area contributed by atoms with Crippen LogP contribution >= 0.6 is 23.5 Å². The number of nitrogens with zero attached hydrogens (tertiary/aromatic N) is 1. The largest absolute Gasteiger partial charge is 0.493 e. The molecule has 0 spiro atoms. The molecule has 0 atom stereocenters. The summed E-state index contributed by atoms with van der Waals surface area (Å²) in [5.41, 5.74) is 0.971. The molecule has 0 aliphatic carbocycles. The van der Waals surface area contributed by atoms with Gasteiger partial charge in [-0.2, -0.15) is 0 Å². The third kappa shape index (κ3) is 2.15. The van der Waals surface area contributed by atoms with Crippen LogP contribution in [0.1, 0.15) is 0 Å². The van der Waals surface area contributed by atoms with E-state index in [4.69, 9.17) is 9.47 Å². The van der Waals surface area contributed by atoms with Gasteiger partial charge in [-0.25, -0.2) is 4.99 Å². The molecule has 0 amide bonds. The van der Waals surface area contributed by atoms with Crippen LogP contribution in [0.4, 0.5) is 5.69 Å². The first-order valence-electron chi connectivity index (χ1n) is 4.79. The summed E-state index contributed by atoms with van der Waals surface area (Å²) in [4.78, 5) is 5.72. The highest BCUT2D eigenvalue weighted by Crippen LogP contribution is 2.42. The van der Waals surface area contributed by atoms with Gasteiger partial charge in [-0.1, -0.05) is 0 Å². The second-order valence-electron chi connectivity index (χ2n) is 3.17. The summed E-state index contributed by atoms with van der Waals surface area (Å²) in [6.45, 7) is 0. The first-order valence-corrected chi connectivity index (χ1v) is 7.00. The number of benzene rings is 1. The molecule has 1 aromatic carbocycles. The molecule has 1 heterocycles. The van der Waals surface area contributed by atoms with Gasteiger partial charge in [0, 0.05) is 16.7 Å². The number of aliphatic imine (C=N–C) groups is 1. The molecule has 0 bridgehead atoms. The lowest BCUT2D eigenvalue weighted by Crippen LogP contribution is -2.01. The predicted octanol–water partition coefficient (Wildman–Crippen LogP) is 3.20. The smallest absolute Gasteiger partial charge is 0.162 e. The molecule has 1 aliphatic heterocycles. The minimum Gasteiger partial charge on any atom is -0.493 e. The Bertz CT molecular complexity index is 432. The highest BCUT2D eigenvalue weighted by molar-refractivity contribution is 8.15. The van der Waals surface area contributed by atoms with E-state index in [1.165, 1.54) is 0 Å².